The second kappa shape index (κ2) is 5.87. The summed E-state index contributed by atoms with van der Waals surface area (Å²) in [6.07, 6.45) is 0.884. The number of aromatic nitrogens is 2. The average molecular weight is 414 g/mol. The standard InChI is InChI=1S/C13H7F5N2O6S/c14-5-3-20-9(10(6(5)15)26-27(24,25)13(16,17)18)7(4-1-2-4)19-8(11(20)21)12(22)23/h3-4H,1-2H2,(H,22,23). The Morgan fingerprint density at radius 3 is 2.37 bits per heavy atom. The van der Waals surface area contributed by atoms with Crippen molar-refractivity contribution in [1.29, 1.82) is 0 Å². The number of carbonyl (C=O) groups is 1. The molecule has 0 spiro atoms. The molecular formula is C13H7F5N2O6S. The second-order valence-electron chi connectivity index (χ2n) is 5.55. The smallest absolute Gasteiger partial charge is 0.476 e. The lowest BCUT2D eigenvalue weighted by Crippen LogP contribution is -2.30. The highest BCUT2D eigenvalue weighted by Crippen LogP contribution is 2.44. The molecule has 1 saturated carbocycles. The van der Waals surface area contributed by atoms with Crippen LogP contribution in [-0.4, -0.2) is 34.4 Å². The van der Waals surface area contributed by atoms with Gasteiger partial charge >= 0.3 is 21.6 Å². The Morgan fingerprint density at radius 2 is 1.89 bits per heavy atom. The van der Waals surface area contributed by atoms with Gasteiger partial charge < -0.3 is 9.29 Å². The molecule has 2 aromatic rings. The minimum atomic E-state index is -6.41. The Labute approximate surface area is 145 Å². The molecule has 0 radical (unpaired) electrons. The van der Waals surface area contributed by atoms with Crippen LogP contribution in [0, 0.1) is 11.6 Å². The summed E-state index contributed by atoms with van der Waals surface area (Å²) in [7, 11) is -6.41. The van der Waals surface area contributed by atoms with Crippen LogP contribution in [0.15, 0.2) is 11.0 Å². The third kappa shape index (κ3) is 3.09. The van der Waals surface area contributed by atoms with Gasteiger partial charge in [-0.05, 0) is 12.8 Å². The number of hydrogen-bond acceptors (Lipinski definition) is 6. The van der Waals surface area contributed by atoms with Crippen molar-refractivity contribution in [3.8, 4) is 5.75 Å². The van der Waals surface area contributed by atoms with Crippen molar-refractivity contribution in [2.24, 2.45) is 0 Å². The first-order chi connectivity index (χ1) is 12.3. The van der Waals surface area contributed by atoms with E-state index in [-0.39, 0.29) is 10.6 Å². The molecule has 14 heteroatoms. The molecule has 1 aliphatic rings. The van der Waals surface area contributed by atoms with Gasteiger partial charge in [-0.15, -0.1) is 0 Å². The zero-order valence-corrected chi connectivity index (χ0v) is 13.6. The monoisotopic (exact) mass is 414 g/mol. The van der Waals surface area contributed by atoms with Crippen molar-refractivity contribution < 1.29 is 44.5 Å². The van der Waals surface area contributed by atoms with Crippen molar-refractivity contribution in [1.82, 2.24) is 9.38 Å². The van der Waals surface area contributed by atoms with Gasteiger partial charge in [0.1, 0.15) is 5.52 Å². The number of hydrogen-bond donors (Lipinski definition) is 1. The van der Waals surface area contributed by atoms with Gasteiger partial charge in [0.2, 0.25) is 17.3 Å². The van der Waals surface area contributed by atoms with E-state index in [1.165, 1.54) is 0 Å². The zero-order valence-electron chi connectivity index (χ0n) is 12.7. The Balaban J connectivity index is 2.43. The van der Waals surface area contributed by atoms with Crippen molar-refractivity contribution in [3.63, 3.8) is 0 Å². The molecule has 27 heavy (non-hydrogen) atoms. The van der Waals surface area contributed by atoms with Crippen LogP contribution in [0.3, 0.4) is 0 Å². The van der Waals surface area contributed by atoms with Gasteiger partial charge in [-0.3, -0.25) is 9.20 Å². The number of aromatic carboxylic acids is 1. The van der Waals surface area contributed by atoms with Crippen LogP contribution in [0.2, 0.25) is 0 Å². The van der Waals surface area contributed by atoms with Crippen LogP contribution >= 0.6 is 0 Å². The second-order valence-corrected chi connectivity index (χ2v) is 7.09. The quantitative estimate of drug-likeness (QED) is 0.461. The predicted molar refractivity (Wildman–Crippen MR) is 75.9 cm³/mol. The highest BCUT2D eigenvalue weighted by atomic mass is 32.2. The zero-order chi connectivity index (χ0) is 20.3. The lowest BCUT2D eigenvalue weighted by molar-refractivity contribution is -0.0500. The van der Waals surface area contributed by atoms with Gasteiger partial charge in [0.05, 0.1) is 11.9 Å². The number of carboxylic acid groups (broad SMARTS) is 1. The first-order valence-corrected chi connectivity index (χ1v) is 8.44. The minimum absolute atomic E-state index is 0.170. The van der Waals surface area contributed by atoms with Gasteiger partial charge in [-0.1, -0.05) is 0 Å². The Morgan fingerprint density at radius 1 is 1.30 bits per heavy atom. The van der Waals surface area contributed by atoms with Gasteiger partial charge in [0, 0.05) is 5.92 Å². The van der Waals surface area contributed by atoms with Gasteiger partial charge in [-0.25, -0.2) is 14.2 Å². The molecular weight excluding hydrogens is 407 g/mol. The van der Waals surface area contributed by atoms with Crippen LogP contribution < -0.4 is 9.74 Å². The first-order valence-electron chi connectivity index (χ1n) is 7.03. The molecule has 146 valence electrons. The van der Waals surface area contributed by atoms with Crippen LogP contribution in [-0.2, 0) is 10.1 Å². The molecule has 3 rings (SSSR count). The maximum absolute atomic E-state index is 14.1. The van der Waals surface area contributed by atoms with E-state index in [1.54, 1.807) is 0 Å². The summed E-state index contributed by atoms with van der Waals surface area (Å²) >= 11 is 0. The fourth-order valence-electron chi connectivity index (χ4n) is 2.31. The fourth-order valence-corrected chi connectivity index (χ4v) is 2.77. The highest BCUT2D eigenvalue weighted by molar-refractivity contribution is 7.88. The van der Waals surface area contributed by atoms with Gasteiger partial charge in [-0.2, -0.15) is 26.0 Å². The fraction of sp³-hybridized carbons (Fsp3) is 0.308. The van der Waals surface area contributed by atoms with Crippen molar-refractivity contribution >= 4 is 21.6 Å². The van der Waals surface area contributed by atoms with Crippen LogP contribution in [0.1, 0.15) is 34.9 Å². The molecule has 1 fully saturated rings. The number of fused-ring (bicyclic) bond motifs is 1. The molecule has 1 aliphatic carbocycles. The number of carboxylic acids is 1. The minimum Gasteiger partial charge on any atom is -0.476 e. The van der Waals surface area contributed by atoms with Crippen molar-refractivity contribution in [2.75, 3.05) is 0 Å². The molecule has 8 nitrogen and oxygen atoms in total. The number of halogens is 5. The number of pyridine rings is 1. The summed E-state index contributed by atoms with van der Waals surface area (Å²) in [6.45, 7) is 0. The molecule has 0 aromatic carbocycles. The molecule has 0 aliphatic heterocycles. The molecule has 1 N–H and O–H groups in total. The first kappa shape index (κ1) is 19.0. The molecule has 0 atom stereocenters. The third-order valence-corrected chi connectivity index (χ3v) is 4.60. The summed E-state index contributed by atoms with van der Waals surface area (Å²) in [5.74, 6) is -8.17. The highest BCUT2D eigenvalue weighted by Gasteiger charge is 2.49. The van der Waals surface area contributed by atoms with Crippen molar-refractivity contribution in [3.05, 3.63) is 39.6 Å². The molecule has 2 heterocycles. The van der Waals surface area contributed by atoms with Crippen LogP contribution in [0.5, 0.6) is 5.75 Å². The van der Waals surface area contributed by atoms with E-state index in [2.05, 4.69) is 9.17 Å². The number of alkyl halides is 3. The normalized spacial score (nSPS) is 15.1. The molecule has 0 amide bonds. The summed E-state index contributed by atoms with van der Waals surface area (Å²) < 4.78 is 92.1. The Hall–Kier alpha value is -2.77. The summed E-state index contributed by atoms with van der Waals surface area (Å²) in [4.78, 5) is 26.8. The third-order valence-electron chi connectivity index (χ3n) is 3.65. The lowest BCUT2D eigenvalue weighted by atomic mass is 10.2. The maximum Gasteiger partial charge on any atom is 0.534 e. The number of nitrogens with zero attached hydrogens (tertiary/aromatic N) is 2. The average Bonchev–Trinajstić information content (AvgIpc) is 3.36. The Kier molecular flexibility index (Phi) is 4.13. The van der Waals surface area contributed by atoms with E-state index in [9.17, 15) is 40.0 Å². The van der Waals surface area contributed by atoms with Crippen LogP contribution in [0.4, 0.5) is 22.0 Å². The molecule has 0 bridgehead atoms. The van der Waals surface area contributed by atoms with E-state index in [0.717, 1.165) is 0 Å². The largest absolute Gasteiger partial charge is 0.534 e. The maximum atomic E-state index is 14.1. The summed E-state index contributed by atoms with van der Waals surface area (Å²) in [6, 6.07) is 0. The van der Waals surface area contributed by atoms with E-state index >= 15 is 0 Å². The van der Waals surface area contributed by atoms with Gasteiger partial charge in [0.25, 0.3) is 5.56 Å². The van der Waals surface area contributed by atoms with E-state index < -0.39 is 67.4 Å². The summed E-state index contributed by atoms with van der Waals surface area (Å²) in [5, 5.41) is 9.02. The van der Waals surface area contributed by atoms with E-state index in [4.69, 9.17) is 5.11 Å². The summed E-state index contributed by atoms with van der Waals surface area (Å²) in [5.41, 5.74) is -9.84. The molecule has 0 saturated heterocycles. The Bertz CT molecular complexity index is 1140. The number of rotatable bonds is 4. The van der Waals surface area contributed by atoms with E-state index in [1.807, 2.05) is 0 Å². The van der Waals surface area contributed by atoms with E-state index in [0.29, 0.717) is 12.8 Å². The van der Waals surface area contributed by atoms with Crippen LogP contribution in [0.25, 0.3) is 5.52 Å². The SMILES string of the molecule is O=C(O)c1nc(C2CC2)c2c(OS(=O)(=O)C(F)(F)F)c(F)c(F)cn2c1=O. The predicted octanol–water partition coefficient (Wildman–Crippen LogP) is 1.78. The van der Waals surface area contributed by atoms with Crippen molar-refractivity contribution in [2.45, 2.75) is 24.3 Å². The lowest BCUT2D eigenvalue weighted by Gasteiger charge is -2.15. The topological polar surface area (TPSA) is 115 Å². The molecule has 2 aromatic heterocycles. The van der Waals surface area contributed by atoms with Gasteiger partial charge in [0.15, 0.2) is 5.82 Å². The molecule has 0 unspecified atom stereocenters.